The minimum absolute atomic E-state index is 0.0230. The number of rotatable bonds is 4. The molecule has 2 aliphatic heterocycles. The first kappa shape index (κ1) is 17.5. The fourth-order valence-corrected chi connectivity index (χ4v) is 4.72. The van der Waals surface area contributed by atoms with Gasteiger partial charge in [0.2, 0.25) is 11.8 Å². The maximum atomic E-state index is 13.1. The zero-order valence-electron chi connectivity index (χ0n) is 15.6. The average Bonchev–Trinajstić information content (AvgIpc) is 3.50. The van der Waals surface area contributed by atoms with E-state index in [1.165, 1.54) is 0 Å². The van der Waals surface area contributed by atoms with Crippen molar-refractivity contribution in [3.05, 3.63) is 35.9 Å². The van der Waals surface area contributed by atoms with Gasteiger partial charge in [-0.3, -0.25) is 9.59 Å². The molecular weight excluding hydrogens is 326 g/mol. The molecule has 4 rings (SSSR count). The highest BCUT2D eigenvalue weighted by Gasteiger charge is 2.49. The lowest BCUT2D eigenvalue weighted by molar-refractivity contribution is -0.145. The van der Waals surface area contributed by atoms with Gasteiger partial charge in [0.25, 0.3) is 0 Å². The molecule has 0 aromatic heterocycles. The van der Waals surface area contributed by atoms with E-state index in [0.29, 0.717) is 18.5 Å². The van der Waals surface area contributed by atoms with Crippen LogP contribution in [0.1, 0.15) is 43.6 Å². The molecule has 5 heteroatoms. The Hall–Kier alpha value is -1.88. The van der Waals surface area contributed by atoms with E-state index < -0.39 is 0 Å². The molecule has 26 heavy (non-hydrogen) atoms. The standard InChI is InChI=1S/C21H29N3O2/c1-22-14-19(25)23-11-9-21(10-12-23)13-18(16-5-3-2-4-6-16)20(26)24(15-21)17-7-8-17/h2-6,17-18,22H,7-15H2,1H3. The summed E-state index contributed by atoms with van der Waals surface area (Å²) in [4.78, 5) is 29.5. The van der Waals surface area contributed by atoms with Crippen molar-refractivity contribution in [3.8, 4) is 0 Å². The summed E-state index contributed by atoms with van der Waals surface area (Å²) in [5.41, 5.74) is 1.31. The molecule has 1 aromatic rings. The summed E-state index contributed by atoms with van der Waals surface area (Å²) < 4.78 is 0. The van der Waals surface area contributed by atoms with E-state index in [0.717, 1.165) is 57.3 Å². The SMILES string of the molecule is CNCC(=O)N1CCC2(CC1)CC(c1ccccc1)C(=O)N(C1CC1)C2. The Labute approximate surface area is 155 Å². The van der Waals surface area contributed by atoms with E-state index >= 15 is 0 Å². The van der Waals surface area contributed by atoms with Crippen LogP contribution in [0, 0.1) is 5.41 Å². The molecule has 3 aliphatic rings. The predicted molar refractivity (Wildman–Crippen MR) is 101 cm³/mol. The smallest absolute Gasteiger partial charge is 0.236 e. The van der Waals surface area contributed by atoms with Gasteiger partial charge in [-0.05, 0) is 50.1 Å². The third-order valence-corrected chi connectivity index (χ3v) is 6.42. The Morgan fingerprint density at radius 1 is 1.19 bits per heavy atom. The summed E-state index contributed by atoms with van der Waals surface area (Å²) in [5.74, 6) is 0.482. The van der Waals surface area contributed by atoms with Crippen molar-refractivity contribution >= 4 is 11.8 Å². The molecule has 1 atom stereocenters. The third-order valence-electron chi connectivity index (χ3n) is 6.42. The number of benzene rings is 1. The fourth-order valence-electron chi connectivity index (χ4n) is 4.72. The molecule has 3 fully saturated rings. The molecule has 0 bridgehead atoms. The van der Waals surface area contributed by atoms with Crippen LogP contribution in [0.15, 0.2) is 30.3 Å². The first-order chi connectivity index (χ1) is 12.6. The quantitative estimate of drug-likeness (QED) is 0.899. The van der Waals surface area contributed by atoms with E-state index in [1.807, 2.05) is 30.1 Å². The highest BCUT2D eigenvalue weighted by Crippen LogP contribution is 2.48. The monoisotopic (exact) mass is 355 g/mol. The molecule has 1 N–H and O–H groups in total. The topological polar surface area (TPSA) is 52.7 Å². The van der Waals surface area contributed by atoms with Crippen LogP contribution in [-0.2, 0) is 9.59 Å². The molecule has 2 saturated heterocycles. The zero-order chi connectivity index (χ0) is 18.1. The summed E-state index contributed by atoms with van der Waals surface area (Å²) in [5, 5.41) is 2.96. The van der Waals surface area contributed by atoms with Crippen molar-refractivity contribution in [1.82, 2.24) is 15.1 Å². The van der Waals surface area contributed by atoms with Crippen molar-refractivity contribution in [2.24, 2.45) is 5.41 Å². The molecule has 140 valence electrons. The Bertz CT molecular complexity index is 663. The fraction of sp³-hybridized carbons (Fsp3) is 0.619. The molecule has 1 spiro atoms. The van der Waals surface area contributed by atoms with Crippen molar-refractivity contribution < 1.29 is 9.59 Å². The number of nitrogens with one attached hydrogen (secondary N) is 1. The Morgan fingerprint density at radius 2 is 1.88 bits per heavy atom. The van der Waals surface area contributed by atoms with E-state index in [9.17, 15) is 9.59 Å². The summed E-state index contributed by atoms with van der Waals surface area (Å²) in [6.07, 6.45) is 5.23. The predicted octanol–water partition coefficient (Wildman–Crippen LogP) is 1.99. The maximum Gasteiger partial charge on any atom is 0.236 e. The number of likely N-dealkylation sites (N-methyl/N-ethyl adjacent to an activating group) is 1. The molecule has 0 radical (unpaired) electrons. The zero-order valence-corrected chi connectivity index (χ0v) is 15.6. The molecule has 2 heterocycles. The molecule has 1 aliphatic carbocycles. The summed E-state index contributed by atoms with van der Waals surface area (Å²) in [6, 6.07) is 10.7. The van der Waals surface area contributed by atoms with Gasteiger partial charge in [0.05, 0.1) is 12.5 Å². The second kappa shape index (κ2) is 7.03. The van der Waals surface area contributed by atoms with Gasteiger partial charge in [0.1, 0.15) is 0 Å². The van der Waals surface area contributed by atoms with Crippen LogP contribution < -0.4 is 5.32 Å². The summed E-state index contributed by atoms with van der Waals surface area (Å²) >= 11 is 0. The highest BCUT2D eigenvalue weighted by molar-refractivity contribution is 5.85. The van der Waals surface area contributed by atoms with Crippen molar-refractivity contribution in [2.45, 2.75) is 44.1 Å². The van der Waals surface area contributed by atoms with Crippen molar-refractivity contribution in [3.63, 3.8) is 0 Å². The number of hydrogen-bond donors (Lipinski definition) is 1. The highest BCUT2D eigenvalue weighted by atomic mass is 16.2. The minimum Gasteiger partial charge on any atom is -0.342 e. The first-order valence-electron chi connectivity index (χ1n) is 9.90. The Balaban J connectivity index is 1.53. The van der Waals surface area contributed by atoms with E-state index in [4.69, 9.17) is 0 Å². The molecule has 2 amide bonds. The van der Waals surface area contributed by atoms with Crippen LogP contribution in [0.25, 0.3) is 0 Å². The van der Waals surface area contributed by atoms with Crippen LogP contribution in [0.3, 0.4) is 0 Å². The number of likely N-dealkylation sites (tertiary alicyclic amines) is 2. The Morgan fingerprint density at radius 3 is 2.50 bits per heavy atom. The molecule has 1 saturated carbocycles. The summed E-state index contributed by atoms with van der Waals surface area (Å²) in [6.45, 7) is 2.92. The van der Waals surface area contributed by atoms with Crippen molar-refractivity contribution in [2.75, 3.05) is 33.2 Å². The average molecular weight is 355 g/mol. The molecule has 1 aromatic carbocycles. The molecule has 1 unspecified atom stereocenters. The number of carbonyl (C=O) groups is 2. The number of carbonyl (C=O) groups excluding carboxylic acids is 2. The second-order valence-electron chi connectivity index (χ2n) is 8.28. The lowest BCUT2D eigenvalue weighted by atomic mass is 9.67. The lowest BCUT2D eigenvalue weighted by Crippen LogP contribution is -2.55. The van der Waals surface area contributed by atoms with Gasteiger partial charge >= 0.3 is 0 Å². The number of piperidine rings is 2. The minimum atomic E-state index is -0.0230. The number of hydrogen-bond acceptors (Lipinski definition) is 3. The van der Waals surface area contributed by atoms with Crippen LogP contribution in [0.4, 0.5) is 0 Å². The van der Waals surface area contributed by atoms with Gasteiger partial charge in [0, 0.05) is 25.7 Å². The van der Waals surface area contributed by atoms with Gasteiger partial charge in [-0.2, -0.15) is 0 Å². The van der Waals surface area contributed by atoms with E-state index in [-0.39, 0.29) is 17.2 Å². The van der Waals surface area contributed by atoms with Gasteiger partial charge in [-0.1, -0.05) is 30.3 Å². The van der Waals surface area contributed by atoms with Gasteiger partial charge in [-0.15, -0.1) is 0 Å². The molecule has 5 nitrogen and oxygen atoms in total. The number of amides is 2. The van der Waals surface area contributed by atoms with Gasteiger partial charge < -0.3 is 15.1 Å². The molecular formula is C21H29N3O2. The van der Waals surface area contributed by atoms with Crippen molar-refractivity contribution in [1.29, 1.82) is 0 Å². The Kier molecular flexibility index (Phi) is 4.74. The van der Waals surface area contributed by atoms with E-state index in [1.54, 1.807) is 0 Å². The maximum absolute atomic E-state index is 13.1. The second-order valence-corrected chi connectivity index (χ2v) is 8.28. The van der Waals surface area contributed by atoms with Crippen LogP contribution >= 0.6 is 0 Å². The first-order valence-corrected chi connectivity index (χ1v) is 9.90. The number of nitrogens with zero attached hydrogens (tertiary/aromatic N) is 2. The lowest BCUT2D eigenvalue weighted by Gasteiger charge is -2.50. The van der Waals surface area contributed by atoms with E-state index in [2.05, 4.69) is 22.3 Å². The van der Waals surface area contributed by atoms with Gasteiger partial charge in [0.15, 0.2) is 0 Å². The normalized spacial score (nSPS) is 25.6. The van der Waals surface area contributed by atoms with Crippen LogP contribution in [-0.4, -0.2) is 60.9 Å². The third kappa shape index (κ3) is 3.37. The largest absolute Gasteiger partial charge is 0.342 e. The summed E-state index contributed by atoms with van der Waals surface area (Å²) in [7, 11) is 1.81. The van der Waals surface area contributed by atoms with Crippen LogP contribution in [0.2, 0.25) is 0 Å². The van der Waals surface area contributed by atoms with Crippen LogP contribution in [0.5, 0.6) is 0 Å². The van der Waals surface area contributed by atoms with Gasteiger partial charge in [-0.25, -0.2) is 0 Å².